The van der Waals surface area contributed by atoms with Crippen LogP contribution in [0.5, 0.6) is 0 Å². The van der Waals surface area contributed by atoms with E-state index < -0.39 is 11.9 Å². The molecule has 2 aliphatic rings. The van der Waals surface area contributed by atoms with Gasteiger partial charge in [0, 0.05) is 0 Å². The fourth-order valence-corrected chi connectivity index (χ4v) is 5.95. The summed E-state index contributed by atoms with van der Waals surface area (Å²) in [5.74, 6) is 1.42. The third-order valence-electron chi connectivity index (χ3n) is 8.30. The van der Waals surface area contributed by atoms with Crippen LogP contribution in [0.25, 0.3) is 0 Å². The number of benzene rings is 1. The highest BCUT2D eigenvalue weighted by Crippen LogP contribution is 2.40. The Hall–Kier alpha value is -1.84. The van der Waals surface area contributed by atoms with Crippen LogP contribution in [0, 0.1) is 11.8 Å². The Morgan fingerprint density at radius 3 is 1.29 bits per heavy atom. The lowest BCUT2D eigenvalue weighted by molar-refractivity contribution is 0.0450. The molecule has 0 aliphatic heterocycles. The molecular formula is C34H56O4. The topological polar surface area (TPSA) is 52.6 Å². The van der Waals surface area contributed by atoms with Gasteiger partial charge in [-0.25, -0.2) is 9.59 Å². The predicted octanol–water partition coefficient (Wildman–Crippen LogP) is 10.1. The van der Waals surface area contributed by atoms with Crippen LogP contribution in [0.3, 0.4) is 0 Å². The number of hydrogen-bond donors (Lipinski definition) is 0. The zero-order chi connectivity index (χ0) is 27.3. The SMILES string of the molecule is C1CCC2CCCCC2C1.CCCCCCCCOC(=O)c1ccccc1C(=O)OCCCCCCCC. The molecule has 1 aromatic carbocycles. The number of esters is 2. The van der Waals surface area contributed by atoms with Gasteiger partial charge in [-0.1, -0.05) is 142 Å². The van der Waals surface area contributed by atoms with Crippen molar-refractivity contribution < 1.29 is 19.1 Å². The Labute approximate surface area is 233 Å². The molecule has 2 saturated carbocycles. The van der Waals surface area contributed by atoms with E-state index in [1.54, 1.807) is 49.9 Å². The molecule has 3 rings (SSSR count). The van der Waals surface area contributed by atoms with Crippen LogP contribution in [0.2, 0.25) is 0 Å². The van der Waals surface area contributed by atoms with Crippen molar-refractivity contribution in [2.45, 2.75) is 142 Å². The van der Waals surface area contributed by atoms with Crippen molar-refractivity contribution in [3.05, 3.63) is 35.4 Å². The minimum absolute atomic E-state index is 0.293. The van der Waals surface area contributed by atoms with Gasteiger partial charge in [0.15, 0.2) is 0 Å². The molecule has 0 spiro atoms. The average Bonchev–Trinajstić information content (AvgIpc) is 2.96. The summed E-state index contributed by atoms with van der Waals surface area (Å²) in [6.45, 7) is 5.17. The van der Waals surface area contributed by atoms with Crippen LogP contribution in [-0.4, -0.2) is 25.2 Å². The van der Waals surface area contributed by atoms with Gasteiger partial charge < -0.3 is 9.47 Å². The normalized spacial score (nSPS) is 18.6. The second kappa shape index (κ2) is 21.0. The van der Waals surface area contributed by atoms with E-state index in [0.29, 0.717) is 24.3 Å². The third kappa shape index (κ3) is 13.3. The van der Waals surface area contributed by atoms with E-state index in [2.05, 4.69) is 13.8 Å². The van der Waals surface area contributed by atoms with Crippen molar-refractivity contribution in [2.24, 2.45) is 11.8 Å². The molecule has 0 bridgehead atoms. The lowest BCUT2D eigenvalue weighted by Gasteiger charge is -2.35. The summed E-state index contributed by atoms with van der Waals surface area (Å²) in [5.41, 5.74) is 0.586. The van der Waals surface area contributed by atoms with Crippen molar-refractivity contribution in [1.82, 2.24) is 0 Å². The largest absolute Gasteiger partial charge is 0.462 e. The Kier molecular flexibility index (Phi) is 17.9. The number of carbonyl (C=O) groups excluding carboxylic acids is 2. The molecule has 4 heteroatoms. The van der Waals surface area contributed by atoms with Crippen LogP contribution >= 0.6 is 0 Å². The maximum atomic E-state index is 12.4. The molecule has 4 nitrogen and oxygen atoms in total. The van der Waals surface area contributed by atoms with E-state index in [1.165, 1.54) is 77.0 Å². The van der Waals surface area contributed by atoms with E-state index >= 15 is 0 Å². The molecule has 2 aliphatic carbocycles. The first-order valence-electron chi connectivity index (χ1n) is 16.1. The average molecular weight is 529 g/mol. The number of ether oxygens (including phenoxy) is 2. The van der Waals surface area contributed by atoms with Crippen molar-refractivity contribution >= 4 is 11.9 Å². The minimum Gasteiger partial charge on any atom is -0.462 e. The Bertz CT molecular complexity index is 684. The Morgan fingerprint density at radius 2 is 0.921 bits per heavy atom. The van der Waals surface area contributed by atoms with Gasteiger partial charge in [0.05, 0.1) is 24.3 Å². The zero-order valence-corrected chi connectivity index (χ0v) is 24.7. The fraction of sp³-hybridized carbons (Fsp3) is 0.765. The molecule has 0 aromatic heterocycles. The van der Waals surface area contributed by atoms with Crippen LogP contribution in [0.1, 0.15) is 163 Å². The number of carbonyl (C=O) groups is 2. The summed E-state index contributed by atoms with van der Waals surface area (Å²) in [7, 11) is 0. The van der Waals surface area contributed by atoms with Crippen molar-refractivity contribution in [1.29, 1.82) is 0 Å². The lowest BCUT2D eigenvalue weighted by atomic mass is 9.71. The number of hydrogen-bond acceptors (Lipinski definition) is 4. The van der Waals surface area contributed by atoms with E-state index in [0.717, 1.165) is 37.5 Å². The first-order valence-corrected chi connectivity index (χ1v) is 16.1. The smallest absolute Gasteiger partial charge is 0.339 e. The van der Waals surface area contributed by atoms with Gasteiger partial charge in [-0.2, -0.15) is 0 Å². The summed E-state index contributed by atoms with van der Waals surface area (Å²) in [6.07, 6.45) is 26.0. The van der Waals surface area contributed by atoms with Gasteiger partial charge in [0.2, 0.25) is 0 Å². The summed E-state index contributed by atoms with van der Waals surface area (Å²) >= 11 is 0. The third-order valence-corrected chi connectivity index (χ3v) is 8.30. The van der Waals surface area contributed by atoms with Gasteiger partial charge in [0.1, 0.15) is 0 Å². The molecule has 2 fully saturated rings. The van der Waals surface area contributed by atoms with Gasteiger partial charge in [-0.15, -0.1) is 0 Å². The Balaban J connectivity index is 0.000000415. The summed E-state index contributed by atoms with van der Waals surface area (Å²) < 4.78 is 10.7. The van der Waals surface area contributed by atoms with E-state index in [4.69, 9.17) is 9.47 Å². The van der Waals surface area contributed by atoms with Gasteiger partial charge in [-0.3, -0.25) is 0 Å². The summed E-state index contributed by atoms with van der Waals surface area (Å²) in [5, 5.41) is 0. The fourth-order valence-electron chi connectivity index (χ4n) is 5.95. The molecule has 0 atom stereocenters. The first-order chi connectivity index (χ1) is 18.7. The molecule has 0 radical (unpaired) electrons. The second-order valence-electron chi connectivity index (χ2n) is 11.4. The van der Waals surface area contributed by atoms with E-state index in [9.17, 15) is 9.59 Å². The van der Waals surface area contributed by atoms with Crippen molar-refractivity contribution in [3.63, 3.8) is 0 Å². The zero-order valence-electron chi connectivity index (χ0n) is 24.7. The van der Waals surface area contributed by atoms with E-state index in [1.807, 2.05) is 0 Å². The Morgan fingerprint density at radius 1 is 0.579 bits per heavy atom. The molecular weight excluding hydrogens is 472 g/mol. The molecule has 0 amide bonds. The molecule has 1 aromatic rings. The lowest BCUT2D eigenvalue weighted by Crippen LogP contribution is -2.22. The van der Waals surface area contributed by atoms with Gasteiger partial charge in [-0.05, 0) is 36.8 Å². The molecule has 0 heterocycles. The quantitative estimate of drug-likeness (QED) is 0.158. The van der Waals surface area contributed by atoms with E-state index in [-0.39, 0.29) is 0 Å². The van der Waals surface area contributed by atoms with Gasteiger partial charge in [0.25, 0.3) is 0 Å². The summed E-state index contributed by atoms with van der Waals surface area (Å²) in [4.78, 5) is 24.7. The van der Waals surface area contributed by atoms with Crippen LogP contribution in [0.4, 0.5) is 0 Å². The van der Waals surface area contributed by atoms with Crippen molar-refractivity contribution in [3.8, 4) is 0 Å². The number of unbranched alkanes of at least 4 members (excludes halogenated alkanes) is 10. The van der Waals surface area contributed by atoms with Crippen LogP contribution < -0.4 is 0 Å². The second-order valence-corrected chi connectivity index (χ2v) is 11.4. The van der Waals surface area contributed by atoms with Gasteiger partial charge >= 0.3 is 11.9 Å². The molecule has 216 valence electrons. The molecule has 0 unspecified atom stereocenters. The molecule has 0 N–H and O–H groups in total. The molecule has 0 saturated heterocycles. The van der Waals surface area contributed by atoms with Crippen molar-refractivity contribution in [2.75, 3.05) is 13.2 Å². The maximum absolute atomic E-state index is 12.4. The molecule has 38 heavy (non-hydrogen) atoms. The summed E-state index contributed by atoms with van der Waals surface area (Å²) in [6, 6.07) is 6.74. The highest BCUT2D eigenvalue weighted by molar-refractivity contribution is 6.03. The first kappa shape index (κ1) is 32.4. The monoisotopic (exact) mass is 528 g/mol. The number of fused-ring (bicyclic) bond motifs is 1. The van der Waals surface area contributed by atoms with Crippen LogP contribution in [0.15, 0.2) is 24.3 Å². The van der Waals surface area contributed by atoms with Crippen LogP contribution in [-0.2, 0) is 9.47 Å². The number of rotatable bonds is 16. The highest BCUT2D eigenvalue weighted by Gasteiger charge is 2.26. The maximum Gasteiger partial charge on any atom is 0.339 e. The minimum atomic E-state index is -0.444. The highest BCUT2D eigenvalue weighted by atomic mass is 16.5. The standard InChI is InChI=1S/C24H38O4.C10H18/c1-3-5-7-9-11-15-19-27-23(25)21-17-13-14-18-22(21)24(26)28-20-16-12-10-8-6-4-2;1-2-6-10-8-4-3-7-9(10)5-1/h13-14,17-18H,3-12,15-16,19-20H2,1-2H3;9-10H,1-8H2. The predicted molar refractivity (Wildman–Crippen MR) is 158 cm³/mol.